The minimum absolute atomic E-state index is 0.265. The molecule has 30 heavy (non-hydrogen) atoms. The Hall–Kier alpha value is -1.60. The molecule has 5 rings (SSSR count). The van der Waals surface area contributed by atoms with Crippen LogP contribution >= 0.6 is 11.6 Å². The Morgan fingerprint density at radius 1 is 1.03 bits per heavy atom. The van der Waals surface area contributed by atoms with Crippen LogP contribution in [0.4, 0.5) is 11.8 Å². The Labute approximate surface area is 183 Å². The van der Waals surface area contributed by atoms with Crippen LogP contribution in [-0.4, -0.2) is 51.9 Å². The van der Waals surface area contributed by atoms with Crippen molar-refractivity contribution in [2.45, 2.75) is 70.9 Å². The number of aromatic nitrogens is 4. The van der Waals surface area contributed by atoms with Crippen molar-refractivity contribution in [1.82, 2.24) is 19.5 Å². The first-order valence-corrected chi connectivity index (χ1v) is 12.1. The number of morpholine rings is 1. The number of ether oxygens (including phenoxy) is 1. The topological polar surface area (TPSA) is 68.1 Å². The number of halogens is 1. The van der Waals surface area contributed by atoms with Gasteiger partial charge in [-0.05, 0) is 56.0 Å². The summed E-state index contributed by atoms with van der Waals surface area (Å²) in [7, 11) is 0. The first kappa shape index (κ1) is 20.3. The summed E-state index contributed by atoms with van der Waals surface area (Å²) < 4.78 is 7.96. The summed E-state index contributed by atoms with van der Waals surface area (Å²) in [5.41, 5.74) is 1.72. The molecule has 0 bridgehead atoms. The van der Waals surface area contributed by atoms with E-state index in [1.165, 1.54) is 51.4 Å². The predicted octanol–water partition coefficient (Wildman–Crippen LogP) is 4.50. The second-order valence-corrected chi connectivity index (χ2v) is 9.60. The number of nitrogens with zero attached hydrogens (tertiary/aromatic N) is 5. The lowest BCUT2D eigenvalue weighted by Crippen LogP contribution is -2.38. The van der Waals surface area contributed by atoms with Crippen LogP contribution in [0.5, 0.6) is 0 Å². The van der Waals surface area contributed by atoms with Gasteiger partial charge in [-0.1, -0.05) is 25.7 Å². The SMILES string of the molecule is C[C@@H](Nc1nc(Cl)nc2nc(N3CCOCC3)n(CC3CCCCC3)c12)C1CCC1. The maximum Gasteiger partial charge on any atom is 0.226 e. The Kier molecular flexibility index (Phi) is 6.01. The van der Waals surface area contributed by atoms with Crippen LogP contribution in [0.3, 0.4) is 0 Å². The molecule has 164 valence electrons. The van der Waals surface area contributed by atoms with Gasteiger partial charge in [-0.2, -0.15) is 15.0 Å². The van der Waals surface area contributed by atoms with E-state index in [1.54, 1.807) is 0 Å². The van der Waals surface area contributed by atoms with Gasteiger partial charge in [-0.25, -0.2) is 0 Å². The summed E-state index contributed by atoms with van der Waals surface area (Å²) in [6, 6.07) is 0.373. The van der Waals surface area contributed by atoms with E-state index in [4.69, 9.17) is 21.3 Å². The Balaban J connectivity index is 1.55. The summed E-state index contributed by atoms with van der Waals surface area (Å²) >= 11 is 6.33. The van der Waals surface area contributed by atoms with Crippen molar-refractivity contribution in [3.63, 3.8) is 0 Å². The van der Waals surface area contributed by atoms with Crippen molar-refractivity contribution in [3.8, 4) is 0 Å². The quantitative estimate of drug-likeness (QED) is 0.678. The van der Waals surface area contributed by atoms with Crippen molar-refractivity contribution < 1.29 is 4.74 Å². The molecule has 0 unspecified atom stereocenters. The van der Waals surface area contributed by atoms with Crippen molar-refractivity contribution in [2.75, 3.05) is 36.5 Å². The van der Waals surface area contributed by atoms with Crippen LogP contribution < -0.4 is 10.2 Å². The minimum Gasteiger partial charge on any atom is -0.378 e. The first-order chi connectivity index (χ1) is 14.7. The van der Waals surface area contributed by atoms with Crippen molar-refractivity contribution in [1.29, 1.82) is 0 Å². The highest BCUT2D eigenvalue weighted by Crippen LogP contribution is 2.35. The van der Waals surface area contributed by atoms with Crippen LogP contribution in [0.1, 0.15) is 58.3 Å². The van der Waals surface area contributed by atoms with E-state index in [1.807, 2.05) is 0 Å². The molecule has 3 aliphatic rings. The summed E-state index contributed by atoms with van der Waals surface area (Å²) in [6.45, 7) is 6.43. The molecule has 2 aliphatic carbocycles. The third-order valence-corrected chi connectivity index (χ3v) is 7.41. The molecule has 0 radical (unpaired) electrons. The zero-order valence-electron chi connectivity index (χ0n) is 17.9. The second kappa shape index (κ2) is 8.87. The average Bonchev–Trinajstić information content (AvgIpc) is 3.06. The number of rotatable bonds is 6. The van der Waals surface area contributed by atoms with E-state index < -0.39 is 0 Å². The van der Waals surface area contributed by atoms with E-state index in [2.05, 4.69) is 31.7 Å². The lowest BCUT2D eigenvalue weighted by molar-refractivity contribution is 0.121. The third-order valence-electron chi connectivity index (χ3n) is 7.24. The molecule has 0 aromatic carbocycles. The molecule has 8 heteroatoms. The molecule has 1 aliphatic heterocycles. The number of hydrogen-bond donors (Lipinski definition) is 1. The highest BCUT2D eigenvalue weighted by molar-refractivity contribution is 6.28. The molecule has 0 spiro atoms. The van der Waals surface area contributed by atoms with Gasteiger partial charge in [0.05, 0.1) is 13.2 Å². The number of imidazole rings is 1. The van der Waals surface area contributed by atoms with E-state index in [0.29, 0.717) is 23.5 Å². The average molecular weight is 433 g/mol. The molecule has 7 nitrogen and oxygen atoms in total. The fraction of sp³-hybridized carbons (Fsp3) is 0.773. The molecule has 2 saturated carbocycles. The molecule has 1 N–H and O–H groups in total. The summed E-state index contributed by atoms with van der Waals surface area (Å²) in [5, 5.41) is 3.95. The maximum atomic E-state index is 6.33. The zero-order chi connectivity index (χ0) is 20.5. The molecule has 2 aromatic rings. The standard InChI is InChI=1S/C22H33ClN6O/c1-15(17-8-5-9-17)24-19-18-20(26-21(23)25-19)27-22(28-10-12-30-13-11-28)29(18)14-16-6-3-2-4-7-16/h15-17H,2-14H2,1H3,(H,24,25,26)/t15-/m1/s1. The van der Waals surface area contributed by atoms with Crippen LogP contribution in [0.25, 0.3) is 11.2 Å². The van der Waals surface area contributed by atoms with E-state index >= 15 is 0 Å². The van der Waals surface area contributed by atoms with E-state index in [0.717, 1.165) is 50.1 Å². The van der Waals surface area contributed by atoms with Crippen molar-refractivity contribution in [3.05, 3.63) is 5.28 Å². The number of hydrogen-bond acceptors (Lipinski definition) is 6. The fourth-order valence-electron chi connectivity index (χ4n) is 5.18. The highest BCUT2D eigenvalue weighted by atomic mass is 35.5. The van der Waals surface area contributed by atoms with Crippen LogP contribution in [0, 0.1) is 11.8 Å². The smallest absolute Gasteiger partial charge is 0.226 e. The van der Waals surface area contributed by atoms with Gasteiger partial charge in [0.15, 0.2) is 11.5 Å². The fourth-order valence-corrected chi connectivity index (χ4v) is 5.34. The Bertz CT molecular complexity index is 870. The predicted molar refractivity (Wildman–Crippen MR) is 120 cm³/mol. The van der Waals surface area contributed by atoms with Gasteiger partial charge in [0, 0.05) is 25.7 Å². The molecule has 0 amide bonds. The number of anilines is 2. The van der Waals surface area contributed by atoms with Gasteiger partial charge >= 0.3 is 0 Å². The van der Waals surface area contributed by atoms with E-state index in [9.17, 15) is 0 Å². The van der Waals surface area contributed by atoms with Gasteiger partial charge in [0.1, 0.15) is 5.52 Å². The number of nitrogens with one attached hydrogen (secondary N) is 1. The van der Waals surface area contributed by atoms with Crippen LogP contribution in [0.15, 0.2) is 0 Å². The molecule has 2 aromatic heterocycles. The van der Waals surface area contributed by atoms with E-state index in [-0.39, 0.29) is 5.28 Å². The summed E-state index contributed by atoms with van der Waals surface area (Å²) in [5.74, 6) is 3.23. The summed E-state index contributed by atoms with van der Waals surface area (Å²) in [6.07, 6.45) is 10.5. The lowest BCUT2D eigenvalue weighted by atomic mass is 9.80. The molecule has 3 fully saturated rings. The first-order valence-electron chi connectivity index (χ1n) is 11.7. The maximum absolute atomic E-state index is 6.33. The van der Waals surface area contributed by atoms with Gasteiger partial charge < -0.3 is 19.5 Å². The van der Waals surface area contributed by atoms with Gasteiger partial charge in [-0.15, -0.1) is 0 Å². The van der Waals surface area contributed by atoms with Gasteiger partial charge in [-0.3, -0.25) is 0 Å². The third kappa shape index (κ3) is 4.11. The zero-order valence-corrected chi connectivity index (χ0v) is 18.7. The molecular formula is C22H33ClN6O. The van der Waals surface area contributed by atoms with Gasteiger partial charge in [0.25, 0.3) is 0 Å². The highest BCUT2D eigenvalue weighted by Gasteiger charge is 2.28. The van der Waals surface area contributed by atoms with Crippen LogP contribution in [-0.2, 0) is 11.3 Å². The number of fused-ring (bicyclic) bond motifs is 1. The molecule has 3 heterocycles. The van der Waals surface area contributed by atoms with Crippen molar-refractivity contribution in [2.24, 2.45) is 11.8 Å². The minimum atomic E-state index is 0.265. The monoisotopic (exact) mass is 432 g/mol. The molecular weight excluding hydrogens is 400 g/mol. The normalized spacial score (nSPS) is 22.3. The lowest BCUT2D eigenvalue weighted by Gasteiger charge is -2.32. The second-order valence-electron chi connectivity index (χ2n) is 9.26. The Morgan fingerprint density at radius 2 is 1.80 bits per heavy atom. The summed E-state index contributed by atoms with van der Waals surface area (Å²) in [4.78, 5) is 16.5. The largest absolute Gasteiger partial charge is 0.378 e. The molecule has 1 saturated heterocycles. The molecule has 1 atom stereocenters. The van der Waals surface area contributed by atoms with Crippen LogP contribution in [0.2, 0.25) is 5.28 Å². The van der Waals surface area contributed by atoms with Crippen molar-refractivity contribution >= 4 is 34.5 Å². The Morgan fingerprint density at radius 3 is 2.50 bits per heavy atom. The van der Waals surface area contributed by atoms with Gasteiger partial charge in [0.2, 0.25) is 11.2 Å².